The van der Waals surface area contributed by atoms with E-state index in [0.717, 1.165) is 34.5 Å². The van der Waals surface area contributed by atoms with E-state index in [1.807, 2.05) is 6.92 Å². The highest BCUT2D eigenvalue weighted by Gasteiger charge is 2.34. The number of anilines is 1. The zero-order valence-corrected chi connectivity index (χ0v) is 26.5. The number of rotatable bonds is 11. The van der Waals surface area contributed by atoms with Crippen molar-refractivity contribution in [3.05, 3.63) is 92.9 Å². The first-order chi connectivity index (χ1) is 19.6. The SMILES string of the molecule is CC[C@H](C(=O)NC1CCCC1)N(Cc1ccc(Cl)c(Cl)c1)C(=O)CN(c1ccc(Br)cc1)S(=O)(=O)c1ccccc1. The Hall–Kier alpha value is -2.59. The molecule has 0 saturated heterocycles. The van der Waals surface area contributed by atoms with Gasteiger partial charge in [-0.1, -0.05) is 83.2 Å². The largest absolute Gasteiger partial charge is 0.352 e. The standard InChI is InChI=1S/C30H32BrCl2N3O4S/c1-2-28(30(38)34-23-8-6-7-9-23)35(19-21-12-17-26(32)27(33)18-21)29(37)20-36(24-15-13-22(31)14-16-24)41(39,40)25-10-4-3-5-11-25/h3-5,10-18,23,28H,2,6-9,19-20H2,1H3,(H,34,38)/t28-/m1/s1. The predicted molar refractivity (Wildman–Crippen MR) is 167 cm³/mol. The fourth-order valence-electron chi connectivity index (χ4n) is 4.98. The van der Waals surface area contributed by atoms with E-state index in [9.17, 15) is 18.0 Å². The Kier molecular flexibility index (Phi) is 10.7. The molecule has 3 aromatic rings. The first-order valence-electron chi connectivity index (χ1n) is 13.5. The number of nitrogens with one attached hydrogen (secondary N) is 1. The van der Waals surface area contributed by atoms with Gasteiger partial charge in [0.1, 0.15) is 12.6 Å². The van der Waals surface area contributed by atoms with Crippen molar-refractivity contribution in [2.24, 2.45) is 0 Å². The van der Waals surface area contributed by atoms with Crippen molar-refractivity contribution in [1.29, 1.82) is 0 Å². The Labute approximate surface area is 260 Å². The molecule has 11 heteroatoms. The van der Waals surface area contributed by atoms with Crippen molar-refractivity contribution in [3.8, 4) is 0 Å². The van der Waals surface area contributed by atoms with Crippen LogP contribution in [0.25, 0.3) is 0 Å². The van der Waals surface area contributed by atoms with Gasteiger partial charge in [0.05, 0.1) is 20.6 Å². The number of nitrogens with zero attached hydrogens (tertiary/aromatic N) is 2. The minimum atomic E-state index is -4.12. The molecule has 1 aliphatic rings. The summed E-state index contributed by atoms with van der Waals surface area (Å²) in [6.07, 6.45) is 4.24. The minimum absolute atomic E-state index is 0.0475. The molecule has 0 spiro atoms. The number of hydrogen-bond donors (Lipinski definition) is 1. The van der Waals surface area contributed by atoms with E-state index in [1.54, 1.807) is 60.7 Å². The van der Waals surface area contributed by atoms with E-state index in [4.69, 9.17) is 23.2 Å². The first kappa shape index (κ1) is 31.3. The van der Waals surface area contributed by atoms with Crippen LogP contribution in [0.4, 0.5) is 5.69 Å². The lowest BCUT2D eigenvalue weighted by Crippen LogP contribution is -2.53. The quantitative estimate of drug-likeness (QED) is 0.241. The Balaban J connectivity index is 1.71. The maximum Gasteiger partial charge on any atom is 0.264 e. The summed E-state index contributed by atoms with van der Waals surface area (Å²) < 4.78 is 29.6. The van der Waals surface area contributed by atoms with Crippen LogP contribution in [0.2, 0.25) is 10.0 Å². The van der Waals surface area contributed by atoms with Gasteiger partial charge in [-0.25, -0.2) is 8.42 Å². The highest BCUT2D eigenvalue weighted by molar-refractivity contribution is 9.10. The molecular weight excluding hydrogens is 649 g/mol. The van der Waals surface area contributed by atoms with Gasteiger partial charge in [-0.05, 0) is 73.4 Å². The molecule has 41 heavy (non-hydrogen) atoms. The fraction of sp³-hybridized carbons (Fsp3) is 0.333. The maximum atomic E-state index is 14.1. The van der Waals surface area contributed by atoms with Crippen LogP contribution in [-0.4, -0.2) is 43.8 Å². The molecule has 7 nitrogen and oxygen atoms in total. The number of sulfonamides is 1. The van der Waals surface area contributed by atoms with Crippen LogP contribution >= 0.6 is 39.1 Å². The number of hydrogen-bond acceptors (Lipinski definition) is 4. The van der Waals surface area contributed by atoms with Crippen LogP contribution in [0, 0.1) is 0 Å². The summed E-state index contributed by atoms with van der Waals surface area (Å²) in [6, 6.07) is 18.9. The molecule has 1 N–H and O–H groups in total. The van der Waals surface area contributed by atoms with E-state index >= 15 is 0 Å². The molecule has 0 aliphatic heterocycles. The van der Waals surface area contributed by atoms with Crippen LogP contribution in [0.15, 0.2) is 82.2 Å². The third-order valence-electron chi connectivity index (χ3n) is 7.15. The Morgan fingerprint density at radius 2 is 1.63 bits per heavy atom. The summed E-state index contributed by atoms with van der Waals surface area (Å²) in [5.41, 5.74) is 0.990. The van der Waals surface area contributed by atoms with Crippen LogP contribution < -0.4 is 9.62 Å². The van der Waals surface area contributed by atoms with Gasteiger partial charge < -0.3 is 10.2 Å². The third kappa shape index (κ3) is 7.83. The predicted octanol–water partition coefficient (Wildman–Crippen LogP) is 6.82. The lowest BCUT2D eigenvalue weighted by atomic mass is 10.1. The van der Waals surface area contributed by atoms with Gasteiger partial charge in [-0.15, -0.1) is 0 Å². The summed E-state index contributed by atoms with van der Waals surface area (Å²) in [5.74, 6) is -0.777. The van der Waals surface area contributed by atoms with Crippen molar-refractivity contribution < 1.29 is 18.0 Å². The van der Waals surface area contributed by atoms with Crippen molar-refractivity contribution in [1.82, 2.24) is 10.2 Å². The van der Waals surface area contributed by atoms with Gasteiger partial charge in [0.15, 0.2) is 0 Å². The molecule has 4 rings (SSSR count). The lowest BCUT2D eigenvalue weighted by molar-refractivity contribution is -0.140. The Morgan fingerprint density at radius 3 is 2.24 bits per heavy atom. The second kappa shape index (κ2) is 14.1. The number of amides is 2. The van der Waals surface area contributed by atoms with E-state index in [-0.39, 0.29) is 23.4 Å². The van der Waals surface area contributed by atoms with E-state index < -0.39 is 28.5 Å². The molecule has 0 aromatic heterocycles. The summed E-state index contributed by atoms with van der Waals surface area (Å²) >= 11 is 15.8. The normalized spacial score (nSPS) is 14.4. The van der Waals surface area contributed by atoms with Crippen molar-refractivity contribution in [2.45, 2.75) is 62.6 Å². The van der Waals surface area contributed by atoms with E-state index in [2.05, 4.69) is 21.2 Å². The molecule has 0 bridgehead atoms. The van der Waals surface area contributed by atoms with Gasteiger partial charge in [0, 0.05) is 17.1 Å². The molecule has 1 fully saturated rings. The maximum absolute atomic E-state index is 14.1. The van der Waals surface area contributed by atoms with Crippen LogP contribution in [0.3, 0.4) is 0 Å². The van der Waals surface area contributed by atoms with Crippen LogP contribution in [0.1, 0.15) is 44.6 Å². The van der Waals surface area contributed by atoms with E-state index in [0.29, 0.717) is 27.7 Å². The van der Waals surface area contributed by atoms with Gasteiger partial charge in [0.25, 0.3) is 10.0 Å². The zero-order valence-electron chi connectivity index (χ0n) is 22.6. The second-order valence-electron chi connectivity index (χ2n) is 9.99. The molecular formula is C30H32BrCl2N3O4S. The van der Waals surface area contributed by atoms with Gasteiger partial charge in [-0.2, -0.15) is 0 Å². The minimum Gasteiger partial charge on any atom is -0.352 e. The average molecular weight is 681 g/mol. The third-order valence-corrected chi connectivity index (χ3v) is 10.2. The van der Waals surface area contributed by atoms with Gasteiger partial charge >= 0.3 is 0 Å². The Morgan fingerprint density at radius 1 is 0.976 bits per heavy atom. The average Bonchev–Trinajstić information content (AvgIpc) is 3.47. The van der Waals surface area contributed by atoms with Crippen LogP contribution in [0.5, 0.6) is 0 Å². The molecule has 2 amide bonds. The fourth-order valence-corrected chi connectivity index (χ4v) is 7.00. The number of benzene rings is 3. The summed E-state index contributed by atoms with van der Waals surface area (Å²) in [6.45, 7) is 1.38. The van der Waals surface area contributed by atoms with Crippen molar-refractivity contribution in [2.75, 3.05) is 10.8 Å². The Bertz CT molecular complexity index is 1470. The number of carbonyl (C=O) groups is 2. The summed E-state index contributed by atoms with van der Waals surface area (Å²) in [7, 11) is -4.12. The van der Waals surface area contributed by atoms with E-state index in [1.165, 1.54) is 17.0 Å². The lowest BCUT2D eigenvalue weighted by Gasteiger charge is -2.34. The molecule has 0 unspecified atom stereocenters. The monoisotopic (exact) mass is 679 g/mol. The summed E-state index contributed by atoms with van der Waals surface area (Å²) in [4.78, 5) is 29.1. The van der Waals surface area contributed by atoms with Gasteiger partial charge in [0.2, 0.25) is 11.8 Å². The molecule has 1 saturated carbocycles. The molecule has 218 valence electrons. The topological polar surface area (TPSA) is 86.8 Å². The highest BCUT2D eigenvalue weighted by atomic mass is 79.9. The number of halogens is 3. The van der Waals surface area contributed by atoms with Crippen molar-refractivity contribution in [3.63, 3.8) is 0 Å². The molecule has 3 aromatic carbocycles. The molecule has 1 aliphatic carbocycles. The number of carbonyl (C=O) groups excluding carboxylic acids is 2. The highest BCUT2D eigenvalue weighted by Crippen LogP contribution is 2.28. The van der Waals surface area contributed by atoms with Crippen molar-refractivity contribution >= 4 is 66.7 Å². The van der Waals surface area contributed by atoms with Crippen LogP contribution in [-0.2, 0) is 26.2 Å². The van der Waals surface area contributed by atoms with Gasteiger partial charge in [-0.3, -0.25) is 13.9 Å². The summed E-state index contributed by atoms with van der Waals surface area (Å²) in [5, 5.41) is 3.79. The second-order valence-corrected chi connectivity index (χ2v) is 13.6. The molecule has 1 atom stereocenters. The first-order valence-corrected chi connectivity index (χ1v) is 16.5. The zero-order chi connectivity index (χ0) is 29.6. The molecule has 0 radical (unpaired) electrons. The molecule has 0 heterocycles. The smallest absolute Gasteiger partial charge is 0.264 e.